The molecule has 222 valence electrons. The van der Waals surface area contributed by atoms with Crippen molar-refractivity contribution in [3.63, 3.8) is 0 Å². The lowest BCUT2D eigenvalue weighted by Crippen LogP contribution is -2.46. The van der Waals surface area contributed by atoms with Gasteiger partial charge in [-0.15, -0.1) is 11.3 Å². The molecule has 1 saturated heterocycles. The molecule has 0 amide bonds. The largest absolute Gasteiger partial charge is 0.496 e. The van der Waals surface area contributed by atoms with E-state index in [1.54, 1.807) is 7.11 Å². The molecular formula is C38H40O4S. The predicted molar refractivity (Wildman–Crippen MR) is 175 cm³/mol. The minimum atomic E-state index is -0.268. The predicted octanol–water partition coefficient (Wildman–Crippen LogP) is 9.22. The smallest absolute Gasteiger partial charge is 0.122 e. The van der Waals surface area contributed by atoms with Crippen molar-refractivity contribution in [2.45, 2.75) is 70.7 Å². The topological polar surface area (TPSA) is 36.9 Å². The molecule has 0 saturated carbocycles. The van der Waals surface area contributed by atoms with Gasteiger partial charge in [0.25, 0.3) is 0 Å². The highest BCUT2D eigenvalue weighted by Crippen LogP contribution is 2.41. The molecule has 1 fully saturated rings. The van der Waals surface area contributed by atoms with Crippen molar-refractivity contribution >= 4 is 21.4 Å². The highest BCUT2D eigenvalue weighted by Gasteiger charge is 2.41. The Hall–Kier alpha value is -3.48. The summed E-state index contributed by atoms with van der Waals surface area (Å²) >= 11 is 1.84. The van der Waals surface area contributed by atoms with Gasteiger partial charge in [-0.3, -0.25) is 0 Å². The minimum absolute atomic E-state index is 0.0786. The number of aryl methyl sites for hydroxylation is 1. The third-order valence-corrected chi connectivity index (χ3v) is 9.48. The van der Waals surface area contributed by atoms with Gasteiger partial charge in [0.15, 0.2) is 0 Å². The van der Waals surface area contributed by atoms with Crippen LogP contribution in [-0.4, -0.2) is 25.4 Å². The van der Waals surface area contributed by atoms with Gasteiger partial charge in [-0.2, -0.15) is 0 Å². The number of thiophene rings is 1. The van der Waals surface area contributed by atoms with Gasteiger partial charge in [-0.1, -0.05) is 85.8 Å². The fourth-order valence-electron chi connectivity index (χ4n) is 6.04. The van der Waals surface area contributed by atoms with Crippen LogP contribution in [0.5, 0.6) is 5.75 Å². The summed E-state index contributed by atoms with van der Waals surface area (Å²) in [6, 6.07) is 36.0. The van der Waals surface area contributed by atoms with Crippen LogP contribution in [0, 0.1) is 6.92 Å². The molecule has 4 nitrogen and oxygen atoms in total. The van der Waals surface area contributed by atoms with E-state index in [-0.39, 0.29) is 24.4 Å². The molecule has 0 aliphatic carbocycles. The molecule has 4 aromatic carbocycles. The summed E-state index contributed by atoms with van der Waals surface area (Å²) in [7, 11) is 1.76. The first-order valence-corrected chi connectivity index (χ1v) is 16.0. The molecule has 0 N–H and O–H groups in total. The van der Waals surface area contributed by atoms with Crippen LogP contribution in [0.3, 0.4) is 0 Å². The Kier molecular flexibility index (Phi) is 9.55. The molecule has 0 spiro atoms. The van der Waals surface area contributed by atoms with Gasteiger partial charge in [-0.05, 0) is 70.8 Å². The lowest BCUT2D eigenvalue weighted by Gasteiger charge is -2.42. The summed E-state index contributed by atoms with van der Waals surface area (Å²) in [4.78, 5) is 1.31. The van der Waals surface area contributed by atoms with E-state index in [2.05, 4.69) is 105 Å². The summed E-state index contributed by atoms with van der Waals surface area (Å²) in [5, 5.41) is 1.28. The van der Waals surface area contributed by atoms with Crippen LogP contribution in [-0.2, 0) is 33.8 Å². The fraction of sp³-hybridized carbons (Fsp3) is 0.316. The first-order chi connectivity index (χ1) is 21.1. The second kappa shape index (κ2) is 13.9. The summed E-state index contributed by atoms with van der Waals surface area (Å²) < 4.78 is 27.5. The second-order valence-electron chi connectivity index (χ2n) is 11.4. The van der Waals surface area contributed by atoms with E-state index >= 15 is 0 Å². The lowest BCUT2D eigenvalue weighted by atomic mass is 9.88. The number of hydrogen-bond donors (Lipinski definition) is 0. The van der Waals surface area contributed by atoms with Gasteiger partial charge in [0.05, 0.1) is 32.5 Å². The van der Waals surface area contributed by atoms with Crippen LogP contribution in [0.25, 0.3) is 10.1 Å². The van der Waals surface area contributed by atoms with Crippen LogP contribution in [0.4, 0.5) is 0 Å². The summed E-state index contributed by atoms with van der Waals surface area (Å²) in [6.07, 6.45) is 1.94. The van der Waals surface area contributed by atoms with Crippen LogP contribution < -0.4 is 4.74 Å². The van der Waals surface area contributed by atoms with E-state index < -0.39 is 0 Å². The maximum absolute atomic E-state index is 6.87. The molecule has 1 unspecified atom stereocenters. The lowest BCUT2D eigenvalue weighted by molar-refractivity contribution is -0.211. The van der Waals surface area contributed by atoms with E-state index in [0.717, 1.165) is 52.8 Å². The van der Waals surface area contributed by atoms with Crippen molar-refractivity contribution in [2.24, 2.45) is 0 Å². The van der Waals surface area contributed by atoms with Crippen molar-refractivity contribution in [3.05, 3.63) is 136 Å². The Labute approximate surface area is 259 Å². The Morgan fingerprint density at radius 2 is 1.49 bits per heavy atom. The monoisotopic (exact) mass is 592 g/mol. The Balaban J connectivity index is 1.34. The zero-order valence-electron chi connectivity index (χ0n) is 25.2. The maximum Gasteiger partial charge on any atom is 0.122 e. The third-order valence-electron chi connectivity index (χ3n) is 8.36. The normalized spacial score (nSPS) is 20.3. The number of fused-ring (bicyclic) bond motifs is 1. The van der Waals surface area contributed by atoms with Gasteiger partial charge in [0.1, 0.15) is 18.0 Å². The molecule has 2 heterocycles. The van der Waals surface area contributed by atoms with E-state index in [9.17, 15) is 0 Å². The molecule has 1 aromatic heterocycles. The Morgan fingerprint density at radius 1 is 0.814 bits per heavy atom. The summed E-state index contributed by atoms with van der Waals surface area (Å²) in [6.45, 7) is 5.37. The van der Waals surface area contributed by atoms with E-state index in [4.69, 9.17) is 18.9 Å². The summed E-state index contributed by atoms with van der Waals surface area (Å²) in [5.41, 5.74) is 5.72. The number of rotatable bonds is 11. The van der Waals surface area contributed by atoms with Gasteiger partial charge in [0, 0.05) is 22.4 Å². The van der Waals surface area contributed by atoms with Crippen LogP contribution in [0.1, 0.15) is 58.6 Å². The molecule has 43 heavy (non-hydrogen) atoms. The third kappa shape index (κ3) is 7.02. The van der Waals surface area contributed by atoms with E-state index in [1.807, 2.05) is 23.5 Å². The molecular weight excluding hydrogens is 552 g/mol. The SMILES string of the molecule is CC[C@@H]1C[C@H](OCc2ccccc2)[C@@H](OCc2ccccc2)C(c2cc(Cc3cc4ccccc4s3)c(OC)cc2C)O1. The molecule has 1 aliphatic heterocycles. The van der Waals surface area contributed by atoms with Gasteiger partial charge in [0.2, 0.25) is 0 Å². The number of benzene rings is 4. The molecule has 5 heteroatoms. The first-order valence-electron chi connectivity index (χ1n) is 15.2. The van der Waals surface area contributed by atoms with Gasteiger partial charge >= 0.3 is 0 Å². The Bertz CT molecular complexity index is 1580. The van der Waals surface area contributed by atoms with Gasteiger partial charge in [-0.25, -0.2) is 0 Å². The Morgan fingerprint density at radius 3 is 2.16 bits per heavy atom. The standard InChI is InChI=1S/C38H40O4S/c1-4-31-23-35(40-24-27-13-7-5-8-14-27)38(41-25-28-15-9-6-10-16-28)37(42-31)33-22-30(34(39-3)19-26(33)2)21-32-20-29-17-11-12-18-36(29)43-32/h5-20,22,31,35,37-38H,4,21,23-25H2,1-3H3/t31-,35+,37?,38-/m1/s1. The zero-order valence-corrected chi connectivity index (χ0v) is 26.0. The van der Waals surface area contributed by atoms with Crippen molar-refractivity contribution in [1.29, 1.82) is 0 Å². The number of hydrogen-bond acceptors (Lipinski definition) is 5. The van der Waals surface area contributed by atoms with Crippen LogP contribution in [0.15, 0.2) is 103 Å². The quantitative estimate of drug-likeness (QED) is 0.153. The highest BCUT2D eigenvalue weighted by molar-refractivity contribution is 7.19. The molecule has 5 aromatic rings. The molecule has 6 rings (SSSR count). The maximum atomic E-state index is 6.87. The fourth-order valence-corrected chi connectivity index (χ4v) is 7.12. The molecule has 4 atom stereocenters. The van der Waals surface area contributed by atoms with Crippen molar-refractivity contribution in [1.82, 2.24) is 0 Å². The highest BCUT2D eigenvalue weighted by atomic mass is 32.1. The van der Waals surface area contributed by atoms with Crippen molar-refractivity contribution in [2.75, 3.05) is 7.11 Å². The summed E-state index contributed by atoms with van der Waals surface area (Å²) in [5.74, 6) is 0.903. The molecule has 1 aliphatic rings. The van der Waals surface area contributed by atoms with E-state index in [0.29, 0.717) is 13.2 Å². The number of ether oxygens (including phenoxy) is 4. The van der Waals surface area contributed by atoms with Gasteiger partial charge < -0.3 is 18.9 Å². The van der Waals surface area contributed by atoms with E-state index in [1.165, 1.54) is 15.0 Å². The zero-order chi connectivity index (χ0) is 29.6. The second-order valence-corrected chi connectivity index (χ2v) is 12.5. The van der Waals surface area contributed by atoms with Crippen molar-refractivity contribution < 1.29 is 18.9 Å². The van der Waals surface area contributed by atoms with Crippen molar-refractivity contribution in [3.8, 4) is 5.75 Å². The molecule has 0 radical (unpaired) electrons. The van der Waals surface area contributed by atoms with Crippen LogP contribution in [0.2, 0.25) is 0 Å². The molecule has 0 bridgehead atoms. The minimum Gasteiger partial charge on any atom is -0.496 e. The average molecular weight is 593 g/mol. The number of methoxy groups -OCH3 is 1. The average Bonchev–Trinajstić information content (AvgIpc) is 3.46. The van der Waals surface area contributed by atoms with Crippen LogP contribution >= 0.6 is 11.3 Å². The first kappa shape index (κ1) is 29.6.